The summed E-state index contributed by atoms with van der Waals surface area (Å²) in [4.78, 5) is 21.3. The highest BCUT2D eigenvalue weighted by Gasteiger charge is 2.20. The van der Waals surface area contributed by atoms with Crippen LogP contribution < -0.4 is 5.32 Å². The van der Waals surface area contributed by atoms with Gasteiger partial charge in [0.05, 0.1) is 12.2 Å². The molecule has 2 aromatic carbocycles. The number of hydrogen-bond donors (Lipinski definition) is 1. The number of carbonyl (C=O) groups is 1. The monoisotopic (exact) mass is 381 g/mol. The Morgan fingerprint density at radius 2 is 1.76 bits per heavy atom. The standard InChI is InChI=1S/C23H19N5O/c1-15-6-8-16(9-7-15)17-4-2-3-5-18(17)22-24-11-10-19(26-22)20-14-21-23(29)25-12-13-28(21)27-20/h2-11,14H,12-13H2,1H3,(H,25,29). The Bertz CT molecular complexity index is 1210. The summed E-state index contributed by atoms with van der Waals surface area (Å²) in [5.41, 5.74) is 6.31. The van der Waals surface area contributed by atoms with E-state index in [0.717, 1.165) is 16.7 Å². The van der Waals surface area contributed by atoms with Crippen LogP contribution in [0, 0.1) is 6.92 Å². The van der Waals surface area contributed by atoms with Crippen molar-refractivity contribution >= 4 is 5.91 Å². The Morgan fingerprint density at radius 3 is 2.55 bits per heavy atom. The van der Waals surface area contributed by atoms with E-state index in [1.165, 1.54) is 5.56 Å². The minimum Gasteiger partial charge on any atom is -0.349 e. The van der Waals surface area contributed by atoms with Gasteiger partial charge < -0.3 is 5.32 Å². The zero-order valence-corrected chi connectivity index (χ0v) is 16.0. The number of benzene rings is 2. The lowest BCUT2D eigenvalue weighted by molar-refractivity contribution is 0.0924. The van der Waals surface area contributed by atoms with Crippen molar-refractivity contribution in [1.82, 2.24) is 25.1 Å². The maximum atomic E-state index is 12.0. The van der Waals surface area contributed by atoms with Crippen LogP contribution in [-0.4, -0.2) is 32.2 Å². The zero-order valence-electron chi connectivity index (χ0n) is 16.0. The van der Waals surface area contributed by atoms with Crippen LogP contribution in [0.3, 0.4) is 0 Å². The lowest BCUT2D eigenvalue weighted by Gasteiger charge is -2.13. The number of rotatable bonds is 3. The van der Waals surface area contributed by atoms with Gasteiger partial charge >= 0.3 is 0 Å². The molecule has 1 N–H and O–H groups in total. The van der Waals surface area contributed by atoms with E-state index in [-0.39, 0.29) is 5.91 Å². The van der Waals surface area contributed by atoms with Crippen molar-refractivity contribution in [2.45, 2.75) is 13.5 Å². The summed E-state index contributed by atoms with van der Waals surface area (Å²) in [5.74, 6) is 0.531. The van der Waals surface area contributed by atoms with E-state index < -0.39 is 0 Å². The van der Waals surface area contributed by atoms with Crippen molar-refractivity contribution in [2.75, 3.05) is 6.54 Å². The molecule has 5 rings (SSSR count). The average molecular weight is 381 g/mol. The molecule has 0 aliphatic carbocycles. The highest BCUT2D eigenvalue weighted by atomic mass is 16.2. The third-order valence-corrected chi connectivity index (χ3v) is 5.07. The molecule has 1 amide bonds. The van der Waals surface area contributed by atoms with E-state index in [4.69, 9.17) is 4.98 Å². The molecule has 142 valence electrons. The molecule has 0 radical (unpaired) electrons. The minimum absolute atomic E-state index is 0.103. The van der Waals surface area contributed by atoms with E-state index in [9.17, 15) is 4.79 Å². The van der Waals surface area contributed by atoms with Gasteiger partial charge in [0.25, 0.3) is 5.91 Å². The van der Waals surface area contributed by atoms with Crippen LogP contribution in [0.2, 0.25) is 0 Å². The zero-order chi connectivity index (χ0) is 19.8. The number of nitrogens with one attached hydrogen (secondary N) is 1. The number of fused-ring (bicyclic) bond motifs is 1. The van der Waals surface area contributed by atoms with Crippen molar-refractivity contribution in [1.29, 1.82) is 0 Å². The van der Waals surface area contributed by atoms with Crippen molar-refractivity contribution < 1.29 is 4.79 Å². The second-order valence-corrected chi connectivity index (χ2v) is 7.07. The Morgan fingerprint density at radius 1 is 0.966 bits per heavy atom. The maximum absolute atomic E-state index is 12.0. The molecule has 4 aromatic rings. The molecule has 0 spiro atoms. The van der Waals surface area contributed by atoms with E-state index in [2.05, 4.69) is 52.7 Å². The summed E-state index contributed by atoms with van der Waals surface area (Å²) >= 11 is 0. The molecule has 6 heteroatoms. The number of amides is 1. The van der Waals surface area contributed by atoms with Gasteiger partial charge in [0.15, 0.2) is 5.82 Å². The fourth-order valence-electron chi connectivity index (χ4n) is 3.56. The van der Waals surface area contributed by atoms with Crippen molar-refractivity contribution in [3.05, 3.63) is 78.1 Å². The van der Waals surface area contributed by atoms with E-state index in [0.29, 0.717) is 36.0 Å². The highest BCUT2D eigenvalue weighted by Crippen LogP contribution is 2.31. The Labute approximate surface area is 168 Å². The predicted octanol–water partition coefficient (Wildman–Crippen LogP) is 3.73. The molecule has 6 nitrogen and oxygen atoms in total. The second kappa shape index (κ2) is 6.98. The maximum Gasteiger partial charge on any atom is 0.269 e. The van der Waals surface area contributed by atoms with Gasteiger partial charge in [-0.1, -0.05) is 54.1 Å². The number of hydrogen-bond acceptors (Lipinski definition) is 4. The Kier molecular flexibility index (Phi) is 4.17. The first kappa shape index (κ1) is 17.3. The van der Waals surface area contributed by atoms with E-state index >= 15 is 0 Å². The topological polar surface area (TPSA) is 72.7 Å². The third kappa shape index (κ3) is 3.18. The second-order valence-electron chi connectivity index (χ2n) is 7.07. The smallest absolute Gasteiger partial charge is 0.269 e. The number of aromatic nitrogens is 4. The van der Waals surface area contributed by atoms with Crippen molar-refractivity contribution in [3.8, 4) is 33.9 Å². The molecule has 3 heterocycles. The molecule has 1 aliphatic rings. The van der Waals surface area contributed by atoms with Crippen LogP contribution in [0.5, 0.6) is 0 Å². The van der Waals surface area contributed by atoms with E-state index in [1.54, 1.807) is 16.9 Å². The van der Waals surface area contributed by atoms with Gasteiger partial charge in [0, 0.05) is 18.3 Å². The van der Waals surface area contributed by atoms with Crippen LogP contribution in [-0.2, 0) is 6.54 Å². The lowest BCUT2D eigenvalue weighted by atomic mass is 9.98. The Balaban J connectivity index is 1.58. The van der Waals surface area contributed by atoms with Crippen LogP contribution >= 0.6 is 0 Å². The van der Waals surface area contributed by atoms with Crippen molar-refractivity contribution in [3.63, 3.8) is 0 Å². The largest absolute Gasteiger partial charge is 0.349 e. The molecular weight excluding hydrogens is 362 g/mol. The fraction of sp³-hybridized carbons (Fsp3) is 0.130. The molecule has 2 aromatic heterocycles. The summed E-state index contributed by atoms with van der Waals surface area (Å²) < 4.78 is 1.73. The van der Waals surface area contributed by atoms with Gasteiger partial charge in [0.1, 0.15) is 11.4 Å². The van der Waals surface area contributed by atoms with Gasteiger partial charge in [-0.25, -0.2) is 9.97 Å². The van der Waals surface area contributed by atoms with Crippen LogP contribution in [0.25, 0.3) is 33.9 Å². The fourth-order valence-corrected chi connectivity index (χ4v) is 3.56. The molecule has 0 fully saturated rings. The third-order valence-electron chi connectivity index (χ3n) is 5.07. The van der Waals surface area contributed by atoms with Crippen molar-refractivity contribution in [2.24, 2.45) is 0 Å². The van der Waals surface area contributed by atoms with Gasteiger partial charge in [-0.3, -0.25) is 9.48 Å². The van der Waals surface area contributed by atoms with Gasteiger partial charge in [-0.05, 0) is 30.2 Å². The summed E-state index contributed by atoms with van der Waals surface area (Å²) in [6, 6.07) is 20.1. The number of aryl methyl sites for hydroxylation is 1. The first-order valence-corrected chi connectivity index (χ1v) is 9.55. The molecule has 0 unspecified atom stereocenters. The average Bonchev–Trinajstić information content (AvgIpc) is 3.20. The summed E-state index contributed by atoms with van der Waals surface area (Å²) in [6.45, 7) is 3.33. The summed E-state index contributed by atoms with van der Waals surface area (Å²) in [7, 11) is 0. The van der Waals surface area contributed by atoms with Crippen LogP contribution in [0.4, 0.5) is 0 Å². The van der Waals surface area contributed by atoms with Crippen LogP contribution in [0.1, 0.15) is 16.1 Å². The van der Waals surface area contributed by atoms with E-state index in [1.807, 2.05) is 24.3 Å². The normalized spacial score (nSPS) is 13.1. The number of carbonyl (C=O) groups excluding carboxylic acids is 1. The molecule has 0 saturated carbocycles. The van der Waals surface area contributed by atoms with Gasteiger partial charge in [-0.2, -0.15) is 5.10 Å². The van der Waals surface area contributed by atoms with Crippen LogP contribution in [0.15, 0.2) is 66.9 Å². The molecule has 0 atom stereocenters. The predicted molar refractivity (Wildman–Crippen MR) is 111 cm³/mol. The quantitative estimate of drug-likeness (QED) is 0.587. The first-order valence-electron chi connectivity index (χ1n) is 9.55. The molecule has 0 saturated heterocycles. The van der Waals surface area contributed by atoms with Gasteiger partial charge in [-0.15, -0.1) is 0 Å². The number of nitrogens with zero attached hydrogens (tertiary/aromatic N) is 4. The minimum atomic E-state index is -0.103. The SMILES string of the molecule is Cc1ccc(-c2ccccc2-c2nccc(-c3cc4n(n3)CCNC4=O)n2)cc1. The van der Waals surface area contributed by atoms with Gasteiger partial charge in [0.2, 0.25) is 0 Å². The molecule has 1 aliphatic heterocycles. The first-order chi connectivity index (χ1) is 14.2. The molecule has 0 bridgehead atoms. The summed E-state index contributed by atoms with van der Waals surface area (Å²) in [6.07, 6.45) is 1.74. The highest BCUT2D eigenvalue weighted by molar-refractivity contribution is 5.94. The Hall–Kier alpha value is -3.80. The molecule has 29 heavy (non-hydrogen) atoms. The lowest BCUT2D eigenvalue weighted by Crippen LogP contribution is -2.35. The summed E-state index contributed by atoms with van der Waals surface area (Å²) in [5, 5.41) is 7.40. The molecular formula is C23H19N5O.